The summed E-state index contributed by atoms with van der Waals surface area (Å²) in [5, 5.41) is 9.75. The molecule has 0 heterocycles. The van der Waals surface area contributed by atoms with Crippen molar-refractivity contribution in [1.82, 2.24) is 0 Å². The normalized spacial score (nSPS) is 19.4. The average molecular weight is 198 g/mol. The molecule has 1 aromatic rings. The lowest BCUT2D eigenvalue weighted by Crippen LogP contribution is -2.10. The molecule has 1 N–H and O–H groups in total. The molecule has 1 nitrogen and oxygen atoms in total. The number of alkyl halides is 2. The summed E-state index contributed by atoms with van der Waals surface area (Å²) >= 11 is 0. The first-order valence-electron chi connectivity index (χ1n) is 4.63. The fourth-order valence-corrected chi connectivity index (χ4v) is 1.49. The van der Waals surface area contributed by atoms with E-state index in [0.717, 1.165) is 6.92 Å². The van der Waals surface area contributed by atoms with Crippen LogP contribution in [0.2, 0.25) is 0 Å². The Hall–Kier alpha value is -0.960. The maximum Gasteiger partial charge on any atom is 0.270 e. The third kappa shape index (κ3) is 1.64. The molecule has 0 aromatic heterocycles. The third-order valence-electron chi connectivity index (χ3n) is 2.63. The number of benzene rings is 1. The first kappa shape index (κ1) is 9.59. The molecule has 0 bridgehead atoms. The first-order chi connectivity index (χ1) is 6.42. The summed E-state index contributed by atoms with van der Waals surface area (Å²) in [5.41, 5.74) is -0.256. The minimum absolute atomic E-state index is 0.0321. The van der Waals surface area contributed by atoms with Crippen LogP contribution in [0, 0.1) is 0 Å². The van der Waals surface area contributed by atoms with Gasteiger partial charge < -0.3 is 5.11 Å². The number of hydrogen-bond donors (Lipinski definition) is 1. The Bertz CT molecular complexity index is 330. The lowest BCUT2D eigenvalue weighted by atomic mass is 10.0. The van der Waals surface area contributed by atoms with Crippen LogP contribution in [0.5, 0.6) is 0 Å². The quantitative estimate of drug-likeness (QED) is 0.774. The second-order valence-electron chi connectivity index (χ2n) is 4.00. The summed E-state index contributed by atoms with van der Waals surface area (Å²) in [4.78, 5) is 0. The van der Waals surface area contributed by atoms with E-state index >= 15 is 0 Å². The van der Waals surface area contributed by atoms with Gasteiger partial charge in [-0.3, -0.25) is 0 Å². The lowest BCUT2D eigenvalue weighted by molar-refractivity contribution is 0.0171. The number of rotatable bonds is 2. The van der Waals surface area contributed by atoms with Crippen molar-refractivity contribution in [3.63, 3.8) is 0 Å². The molecule has 1 aromatic carbocycles. The van der Waals surface area contributed by atoms with Gasteiger partial charge in [-0.1, -0.05) is 18.2 Å². The highest BCUT2D eigenvalue weighted by atomic mass is 19.3. The van der Waals surface area contributed by atoms with Gasteiger partial charge in [0.25, 0.3) is 5.92 Å². The van der Waals surface area contributed by atoms with Crippen molar-refractivity contribution in [2.75, 3.05) is 0 Å². The minimum Gasteiger partial charge on any atom is -0.385 e. The van der Waals surface area contributed by atoms with Gasteiger partial charge in [-0.25, -0.2) is 8.78 Å². The predicted molar refractivity (Wildman–Crippen MR) is 49.1 cm³/mol. The SMILES string of the molecule is CC(F)(F)c1cccc(C2(O)CC2)c1. The largest absolute Gasteiger partial charge is 0.385 e. The van der Waals surface area contributed by atoms with Crippen molar-refractivity contribution < 1.29 is 13.9 Å². The first-order valence-corrected chi connectivity index (χ1v) is 4.63. The topological polar surface area (TPSA) is 20.2 Å². The smallest absolute Gasteiger partial charge is 0.270 e. The summed E-state index contributed by atoms with van der Waals surface area (Å²) in [6, 6.07) is 6.04. The van der Waals surface area contributed by atoms with Gasteiger partial charge in [-0.2, -0.15) is 0 Å². The van der Waals surface area contributed by atoms with E-state index in [1.54, 1.807) is 12.1 Å². The van der Waals surface area contributed by atoms with Crippen molar-refractivity contribution in [2.24, 2.45) is 0 Å². The van der Waals surface area contributed by atoms with Crippen molar-refractivity contribution in [1.29, 1.82) is 0 Å². The van der Waals surface area contributed by atoms with Gasteiger partial charge in [0.05, 0.1) is 5.60 Å². The van der Waals surface area contributed by atoms with E-state index in [2.05, 4.69) is 0 Å². The molecule has 0 saturated heterocycles. The van der Waals surface area contributed by atoms with Crippen LogP contribution in [-0.2, 0) is 11.5 Å². The van der Waals surface area contributed by atoms with Crippen LogP contribution in [0.1, 0.15) is 30.9 Å². The zero-order chi connectivity index (χ0) is 10.4. The summed E-state index contributed by atoms with van der Waals surface area (Å²) in [7, 11) is 0. The summed E-state index contributed by atoms with van der Waals surface area (Å²) < 4.78 is 25.9. The highest BCUT2D eigenvalue weighted by Gasteiger charge is 2.42. The van der Waals surface area contributed by atoms with Crippen molar-refractivity contribution in [3.8, 4) is 0 Å². The Morgan fingerprint density at radius 3 is 2.50 bits per heavy atom. The molecule has 1 aliphatic rings. The molecule has 0 aliphatic heterocycles. The second-order valence-corrected chi connectivity index (χ2v) is 4.00. The Morgan fingerprint density at radius 2 is 2.00 bits per heavy atom. The highest BCUT2D eigenvalue weighted by molar-refractivity contribution is 5.33. The lowest BCUT2D eigenvalue weighted by Gasteiger charge is -2.14. The number of aliphatic hydroxyl groups is 1. The van der Waals surface area contributed by atoms with E-state index in [4.69, 9.17) is 0 Å². The molecule has 0 radical (unpaired) electrons. The molecule has 1 aliphatic carbocycles. The maximum absolute atomic E-state index is 13.0. The summed E-state index contributed by atoms with van der Waals surface area (Å²) in [6.07, 6.45) is 1.34. The van der Waals surface area contributed by atoms with Gasteiger partial charge >= 0.3 is 0 Å². The summed E-state index contributed by atoms with van der Waals surface area (Å²) in [5.74, 6) is -2.83. The molecule has 3 heteroatoms. The molecule has 1 saturated carbocycles. The fourth-order valence-electron chi connectivity index (χ4n) is 1.49. The number of hydrogen-bond acceptors (Lipinski definition) is 1. The van der Waals surface area contributed by atoms with Crippen molar-refractivity contribution >= 4 is 0 Å². The van der Waals surface area contributed by atoms with Crippen LogP contribution in [0.15, 0.2) is 24.3 Å². The number of halogens is 2. The summed E-state index contributed by atoms with van der Waals surface area (Å²) in [6.45, 7) is 0.864. The fraction of sp³-hybridized carbons (Fsp3) is 0.455. The van der Waals surface area contributed by atoms with Gasteiger partial charge in [-0.15, -0.1) is 0 Å². The predicted octanol–water partition coefficient (Wildman–Crippen LogP) is 2.78. The van der Waals surface area contributed by atoms with E-state index < -0.39 is 11.5 Å². The van der Waals surface area contributed by atoms with Crippen molar-refractivity contribution in [3.05, 3.63) is 35.4 Å². The maximum atomic E-state index is 13.0. The molecule has 0 unspecified atom stereocenters. The van der Waals surface area contributed by atoms with Crippen LogP contribution < -0.4 is 0 Å². The van der Waals surface area contributed by atoms with E-state index in [9.17, 15) is 13.9 Å². The van der Waals surface area contributed by atoms with Gasteiger partial charge in [0.1, 0.15) is 0 Å². The zero-order valence-electron chi connectivity index (χ0n) is 7.93. The highest BCUT2D eigenvalue weighted by Crippen LogP contribution is 2.46. The Morgan fingerprint density at radius 1 is 1.36 bits per heavy atom. The average Bonchev–Trinajstić information content (AvgIpc) is 2.84. The van der Waals surface area contributed by atoms with Crippen molar-refractivity contribution in [2.45, 2.75) is 31.3 Å². The minimum atomic E-state index is -2.83. The van der Waals surface area contributed by atoms with Crippen LogP contribution in [0.4, 0.5) is 8.78 Å². The van der Waals surface area contributed by atoms with E-state index in [-0.39, 0.29) is 5.56 Å². The molecular formula is C11H12F2O. The second kappa shape index (κ2) is 2.76. The van der Waals surface area contributed by atoms with Gasteiger partial charge in [0.15, 0.2) is 0 Å². The molecule has 0 amide bonds. The van der Waals surface area contributed by atoms with Gasteiger partial charge in [0, 0.05) is 12.5 Å². The van der Waals surface area contributed by atoms with E-state index in [0.29, 0.717) is 18.4 Å². The van der Waals surface area contributed by atoms with Gasteiger partial charge in [-0.05, 0) is 24.5 Å². The Labute approximate surface area is 81.4 Å². The molecule has 76 valence electrons. The molecule has 2 rings (SSSR count). The van der Waals surface area contributed by atoms with E-state index in [1.807, 2.05) is 0 Å². The van der Waals surface area contributed by atoms with Crippen LogP contribution in [0.25, 0.3) is 0 Å². The molecule has 0 spiro atoms. The molecule has 1 fully saturated rings. The Kier molecular flexibility index (Phi) is 1.89. The molecular weight excluding hydrogens is 186 g/mol. The van der Waals surface area contributed by atoms with Gasteiger partial charge in [0.2, 0.25) is 0 Å². The zero-order valence-corrected chi connectivity index (χ0v) is 7.93. The Balaban J connectivity index is 2.37. The van der Waals surface area contributed by atoms with Crippen LogP contribution in [0.3, 0.4) is 0 Å². The van der Waals surface area contributed by atoms with Crippen LogP contribution >= 0.6 is 0 Å². The van der Waals surface area contributed by atoms with Crippen LogP contribution in [-0.4, -0.2) is 5.11 Å². The van der Waals surface area contributed by atoms with E-state index in [1.165, 1.54) is 12.1 Å². The standard InChI is InChI=1S/C11H12F2O/c1-10(12,13)8-3-2-4-9(7-8)11(14)5-6-11/h2-4,7,14H,5-6H2,1H3. The monoisotopic (exact) mass is 198 g/mol. The third-order valence-corrected chi connectivity index (χ3v) is 2.63. The molecule has 14 heavy (non-hydrogen) atoms. The molecule has 0 atom stereocenters.